The third-order valence-corrected chi connectivity index (χ3v) is 4.23. The number of fused-ring (bicyclic) bond motifs is 1. The highest BCUT2D eigenvalue weighted by molar-refractivity contribution is 5.89. The number of esters is 1. The molecule has 2 aromatic rings. The topological polar surface area (TPSA) is 115 Å². The smallest absolute Gasteiger partial charge is 0.319 e. The van der Waals surface area contributed by atoms with E-state index in [4.69, 9.17) is 14.2 Å². The van der Waals surface area contributed by atoms with E-state index in [0.29, 0.717) is 17.2 Å². The predicted octanol–water partition coefficient (Wildman–Crippen LogP) is 2.17. The minimum Gasteiger partial charge on any atom is -0.454 e. The molecule has 1 aliphatic heterocycles. The van der Waals surface area contributed by atoms with Crippen LogP contribution in [0, 0.1) is 0 Å². The molecule has 0 aromatic heterocycles. The summed E-state index contributed by atoms with van der Waals surface area (Å²) in [4.78, 5) is 35.8. The van der Waals surface area contributed by atoms with Crippen molar-refractivity contribution in [2.24, 2.45) is 0 Å². The lowest BCUT2D eigenvalue weighted by Crippen LogP contribution is -2.36. The average molecular weight is 413 g/mol. The molecular weight excluding hydrogens is 390 g/mol. The third kappa shape index (κ3) is 6.13. The number of hydrogen-bond acceptors (Lipinski definition) is 6. The van der Waals surface area contributed by atoms with Crippen molar-refractivity contribution in [1.29, 1.82) is 0 Å². The Bertz CT molecular complexity index is 903. The molecule has 0 saturated heterocycles. The second-order valence-corrected chi connectivity index (χ2v) is 6.53. The summed E-state index contributed by atoms with van der Waals surface area (Å²) < 4.78 is 15.6. The summed E-state index contributed by atoms with van der Waals surface area (Å²) in [6.45, 7) is 2.02. The number of anilines is 1. The van der Waals surface area contributed by atoms with E-state index >= 15 is 0 Å². The lowest BCUT2D eigenvalue weighted by Gasteiger charge is -2.14. The molecule has 9 heteroatoms. The number of amides is 3. The molecule has 0 unspecified atom stereocenters. The monoisotopic (exact) mass is 413 g/mol. The van der Waals surface area contributed by atoms with Gasteiger partial charge >= 0.3 is 12.0 Å². The molecule has 3 amide bonds. The van der Waals surface area contributed by atoms with Crippen LogP contribution in [0.25, 0.3) is 0 Å². The molecule has 3 N–H and O–H groups in total. The Labute approximate surface area is 173 Å². The van der Waals surface area contributed by atoms with E-state index in [9.17, 15) is 14.4 Å². The van der Waals surface area contributed by atoms with Gasteiger partial charge in [-0.1, -0.05) is 24.3 Å². The van der Waals surface area contributed by atoms with Gasteiger partial charge in [-0.05, 0) is 36.8 Å². The first-order valence-corrected chi connectivity index (χ1v) is 9.47. The van der Waals surface area contributed by atoms with E-state index in [0.717, 1.165) is 5.56 Å². The Balaban J connectivity index is 1.33. The fourth-order valence-corrected chi connectivity index (χ4v) is 2.67. The highest BCUT2D eigenvalue weighted by Crippen LogP contribution is 2.32. The van der Waals surface area contributed by atoms with Crippen LogP contribution in [0.2, 0.25) is 0 Å². The van der Waals surface area contributed by atoms with Crippen molar-refractivity contribution >= 4 is 23.6 Å². The zero-order valence-corrected chi connectivity index (χ0v) is 16.5. The van der Waals surface area contributed by atoms with E-state index in [1.165, 1.54) is 6.92 Å². The maximum Gasteiger partial charge on any atom is 0.319 e. The SMILES string of the molecule is C[C@@H](OC(=O)CCNC(=O)Nc1ccccc1)C(=O)NCc1ccc2c(c1)OCO2. The zero-order chi connectivity index (χ0) is 21.3. The number of carbonyl (C=O) groups excluding carboxylic acids is 3. The Morgan fingerprint density at radius 2 is 1.80 bits per heavy atom. The number of para-hydroxylation sites is 1. The van der Waals surface area contributed by atoms with Crippen molar-refractivity contribution in [3.8, 4) is 11.5 Å². The number of rotatable bonds is 8. The molecule has 0 fully saturated rings. The molecule has 3 rings (SSSR count). The van der Waals surface area contributed by atoms with Crippen molar-refractivity contribution in [2.75, 3.05) is 18.7 Å². The highest BCUT2D eigenvalue weighted by Gasteiger charge is 2.18. The van der Waals surface area contributed by atoms with Gasteiger partial charge in [-0.3, -0.25) is 9.59 Å². The quantitative estimate of drug-likeness (QED) is 0.572. The Hall–Kier alpha value is -3.75. The van der Waals surface area contributed by atoms with Gasteiger partial charge in [-0.15, -0.1) is 0 Å². The van der Waals surface area contributed by atoms with Gasteiger partial charge in [0.1, 0.15) is 0 Å². The molecule has 158 valence electrons. The van der Waals surface area contributed by atoms with Crippen LogP contribution in [-0.4, -0.2) is 37.3 Å². The zero-order valence-electron chi connectivity index (χ0n) is 16.5. The first-order valence-electron chi connectivity index (χ1n) is 9.47. The molecule has 0 aliphatic carbocycles. The van der Waals surface area contributed by atoms with Gasteiger partial charge in [0.2, 0.25) is 6.79 Å². The van der Waals surface area contributed by atoms with Gasteiger partial charge in [0, 0.05) is 18.8 Å². The van der Waals surface area contributed by atoms with Crippen molar-refractivity contribution in [3.05, 3.63) is 54.1 Å². The van der Waals surface area contributed by atoms with Crippen LogP contribution in [0.15, 0.2) is 48.5 Å². The lowest BCUT2D eigenvalue weighted by molar-refractivity contribution is -0.154. The van der Waals surface area contributed by atoms with Gasteiger partial charge in [0.25, 0.3) is 5.91 Å². The van der Waals surface area contributed by atoms with Crippen LogP contribution in [0.1, 0.15) is 18.9 Å². The maximum atomic E-state index is 12.1. The van der Waals surface area contributed by atoms with Crippen molar-refractivity contribution in [3.63, 3.8) is 0 Å². The molecule has 1 atom stereocenters. The van der Waals surface area contributed by atoms with E-state index in [1.807, 2.05) is 12.1 Å². The predicted molar refractivity (Wildman–Crippen MR) is 108 cm³/mol. The average Bonchev–Trinajstić information content (AvgIpc) is 3.20. The van der Waals surface area contributed by atoms with Crippen LogP contribution in [-0.2, 0) is 20.9 Å². The molecule has 0 bridgehead atoms. The third-order valence-electron chi connectivity index (χ3n) is 4.23. The Morgan fingerprint density at radius 3 is 2.60 bits per heavy atom. The van der Waals surface area contributed by atoms with E-state index in [2.05, 4.69) is 16.0 Å². The fraction of sp³-hybridized carbons (Fsp3) is 0.286. The number of nitrogens with one attached hydrogen (secondary N) is 3. The number of ether oxygens (including phenoxy) is 3. The van der Waals surface area contributed by atoms with Gasteiger partial charge in [0.15, 0.2) is 17.6 Å². The second-order valence-electron chi connectivity index (χ2n) is 6.53. The lowest BCUT2D eigenvalue weighted by atomic mass is 10.2. The molecule has 30 heavy (non-hydrogen) atoms. The Morgan fingerprint density at radius 1 is 1.03 bits per heavy atom. The van der Waals surface area contributed by atoms with E-state index in [-0.39, 0.29) is 26.3 Å². The summed E-state index contributed by atoms with van der Waals surface area (Å²) in [5.74, 6) is 0.292. The van der Waals surface area contributed by atoms with E-state index < -0.39 is 24.0 Å². The first-order chi connectivity index (χ1) is 14.5. The number of urea groups is 1. The van der Waals surface area contributed by atoms with Crippen LogP contribution < -0.4 is 25.4 Å². The minimum atomic E-state index is -0.954. The van der Waals surface area contributed by atoms with Crippen molar-refractivity contribution in [2.45, 2.75) is 26.0 Å². The number of carbonyl (C=O) groups is 3. The molecule has 1 heterocycles. The van der Waals surface area contributed by atoms with Crippen molar-refractivity contribution in [1.82, 2.24) is 10.6 Å². The standard InChI is InChI=1S/C21H23N3O6/c1-14(20(26)23-12-15-7-8-17-18(11-15)29-13-28-17)30-19(25)9-10-22-21(27)24-16-5-3-2-4-6-16/h2-8,11,14H,9-10,12-13H2,1H3,(H,23,26)(H2,22,24,27)/t14-/m1/s1. The summed E-state index contributed by atoms with van der Waals surface area (Å²) in [7, 11) is 0. The summed E-state index contributed by atoms with van der Waals surface area (Å²) >= 11 is 0. The molecule has 0 radical (unpaired) electrons. The number of hydrogen-bond donors (Lipinski definition) is 3. The second kappa shape index (κ2) is 10.1. The molecule has 0 saturated carbocycles. The molecule has 2 aromatic carbocycles. The van der Waals surface area contributed by atoms with Crippen molar-refractivity contribution < 1.29 is 28.6 Å². The molecule has 9 nitrogen and oxygen atoms in total. The normalized spacial score (nSPS) is 12.6. The van der Waals surface area contributed by atoms with Crippen LogP contribution in [0.3, 0.4) is 0 Å². The van der Waals surface area contributed by atoms with E-state index in [1.54, 1.807) is 36.4 Å². The Kier molecular flexibility index (Phi) is 7.09. The minimum absolute atomic E-state index is 0.0536. The molecular formula is C21H23N3O6. The largest absolute Gasteiger partial charge is 0.454 e. The summed E-state index contributed by atoms with van der Waals surface area (Å²) in [5.41, 5.74) is 1.48. The molecule has 1 aliphatic rings. The fourth-order valence-electron chi connectivity index (χ4n) is 2.67. The summed E-state index contributed by atoms with van der Waals surface area (Å²) in [5, 5.41) is 7.90. The van der Waals surface area contributed by atoms with Crippen LogP contribution in [0.5, 0.6) is 11.5 Å². The summed E-state index contributed by atoms with van der Waals surface area (Å²) in [6, 6.07) is 13.9. The van der Waals surface area contributed by atoms with Crippen LogP contribution >= 0.6 is 0 Å². The summed E-state index contributed by atoms with van der Waals surface area (Å²) in [6.07, 6.45) is -1.01. The number of benzene rings is 2. The highest BCUT2D eigenvalue weighted by atomic mass is 16.7. The van der Waals surface area contributed by atoms with Crippen LogP contribution in [0.4, 0.5) is 10.5 Å². The maximum absolute atomic E-state index is 12.1. The van der Waals surface area contributed by atoms with Gasteiger partial charge < -0.3 is 30.2 Å². The van der Waals surface area contributed by atoms with Gasteiger partial charge in [-0.2, -0.15) is 0 Å². The molecule has 0 spiro atoms. The first kappa shape index (κ1) is 21.0. The van der Waals surface area contributed by atoms with Gasteiger partial charge in [0.05, 0.1) is 6.42 Å². The van der Waals surface area contributed by atoms with Gasteiger partial charge in [-0.25, -0.2) is 4.79 Å².